The fourth-order valence-electron chi connectivity index (χ4n) is 2.31. The molecule has 1 aromatic carbocycles. The van der Waals surface area contributed by atoms with E-state index in [2.05, 4.69) is 12.1 Å². The average Bonchev–Trinajstić information content (AvgIpc) is 2.49. The van der Waals surface area contributed by atoms with Gasteiger partial charge in [0.25, 0.3) is 0 Å². The fourth-order valence-corrected chi connectivity index (χ4v) is 2.31. The van der Waals surface area contributed by atoms with E-state index in [1.54, 1.807) is 6.21 Å². The van der Waals surface area contributed by atoms with E-state index in [4.69, 9.17) is 9.47 Å². The third-order valence-electron chi connectivity index (χ3n) is 3.72. The van der Waals surface area contributed by atoms with Crippen LogP contribution in [0.25, 0.3) is 0 Å². The van der Waals surface area contributed by atoms with Gasteiger partial charge in [-0.3, -0.25) is 0 Å². The Hall–Kier alpha value is -1.55. The zero-order valence-electron chi connectivity index (χ0n) is 13.9. The summed E-state index contributed by atoms with van der Waals surface area (Å²) in [4.78, 5) is 0. The molecule has 0 aromatic heterocycles. The highest BCUT2D eigenvalue weighted by atomic mass is 16.7. The first kappa shape index (κ1) is 16.8. The Morgan fingerprint density at radius 3 is 2.59 bits per heavy atom. The van der Waals surface area contributed by atoms with Gasteiger partial charge in [0, 0.05) is 33.6 Å². The lowest BCUT2D eigenvalue weighted by Gasteiger charge is -2.23. The van der Waals surface area contributed by atoms with E-state index in [1.807, 2.05) is 32.9 Å². The smallest absolute Gasteiger partial charge is 0.199 e. The van der Waals surface area contributed by atoms with Crippen LogP contribution in [0.1, 0.15) is 52.0 Å². The van der Waals surface area contributed by atoms with Crippen molar-refractivity contribution in [3.8, 4) is 5.75 Å². The molecule has 1 heterocycles. The number of hydroxylamine groups is 1. The minimum Gasteiger partial charge on any atom is -0.624 e. The van der Waals surface area contributed by atoms with E-state index in [-0.39, 0.29) is 11.8 Å². The van der Waals surface area contributed by atoms with Crippen LogP contribution in [-0.2, 0) is 11.2 Å². The van der Waals surface area contributed by atoms with E-state index in [1.165, 1.54) is 5.56 Å². The molecule has 0 amide bonds. The fraction of sp³-hybridized carbons (Fsp3) is 0.611. The third-order valence-corrected chi connectivity index (χ3v) is 3.72. The Kier molecular flexibility index (Phi) is 5.83. The van der Waals surface area contributed by atoms with Crippen LogP contribution in [0.3, 0.4) is 0 Å². The molecule has 0 bridgehead atoms. The van der Waals surface area contributed by atoms with Crippen LogP contribution in [0.2, 0.25) is 0 Å². The zero-order chi connectivity index (χ0) is 16.0. The van der Waals surface area contributed by atoms with Crippen molar-refractivity contribution in [1.82, 2.24) is 0 Å². The summed E-state index contributed by atoms with van der Waals surface area (Å²) in [5.41, 5.74) is 0.841. The molecule has 4 nitrogen and oxygen atoms in total. The quantitative estimate of drug-likeness (QED) is 0.358. The number of hydrogen-bond acceptors (Lipinski definition) is 3. The molecule has 22 heavy (non-hydrogen) atoms. The topological polar surface area (TPSA) is 44.5 Å². The van der Waals surface area contributed by atoms with Gasteiger partial charge in [-0.2, -0.15) is 0 Å². The molecule has 1 atom stereocenters. The van der Waals surface area contributed by atoms with Gasteiger partial charge in [-0.15, -0.1) is 0 Å². The van der Waals surface area contributed by atoms with Gasteiger partial charge in [0.2, 0.25) is 0 Å². The lowest BCUT2D eigenvalue weighted by Crippen LogP contribution is -2.29. The second-order valence-electron chi connectivity index (χ2n) is 6.78. The van der Waals surface area contributed by atoms with Crippen LogP contribution in [-0.4, -0.2) is 29.4 Å². The molecule has 4 heteroatoms. The normalized spacial score (nSPS) is 20.0. The zero-order valence-corrected chi connectivity index (χ0v) is 13.9. The van der Waals surface area contributed by atoms with Gasteiger partial charge >= 0.3 is 0 Å². The molecule has 1 aliphatic rings. The Morgan fingerprint density at radius 1 is 1.27 bits per heavy atom. The van der Waals surface area contributed by atoms with Crippen LogP contribution in [0.5, 0.6) is 5.75 Å². The van der Waals surface area contributed by atoms with E-state index in [0.717, 1.165) is 49.2 Å². The Morgan fingerprint density at radius 2 is 2.00 bits per heavy atom. The average molecular weight is 305 g/mol. The Balaban J connectivity index is 1.81. The molecule has 1 unspecified atom stereocenters. The van der Waals surface area contributed by atoms with Gasteiger partial charge in [0.05, 0.1) is 6.61 Å². The monoisotopic (exact) mass is 305 g/mol. The van der Waals surface area contributed by atoms with Crippen molar-refractivity contribution in [1.29, 1.82) is 0 Å². The van der Waals surface area contributed by atoms with Gasteiger partial charge in [0.15, 0.2) is 18.0 Å². The van der Waals surface area contributed by atoms with E-state index in [9.17, 15) is 5.21 Å². The molecule has 1 saturated heterocycles. The van der Waals surface area contributed by atoms with Crippen LogP contribution in [0.15, 0.2) is 24.3 Å². The van der Waals surface area contributed by atoms with Crippen molar-refractivity contribution in [2.45, 2.75) is 64.7 Å². The lowest BCUT2D eigenvalue weighted by atomic mass is 10.1. The molecule has 2 rings (SSSR count). The molecule has 0 N–H and O–H groups in total. The molecule has 122 valence electrons. The SMILES string of the molecule is CC(C)(C)[N+]([O-])=CCCc1ccc(OC2CCCCO2)cc1. The van der Waals surface area contributed by atoms with Crippen molar-refractivity contribution in [2.75, 3.05) is 6.61 Å². The van der Waals surface area contributed by atoms with Crippen molar-refractivity contribution in [3.63, 3.8) is 0 Å². The van der Waals surface area contributed by atoms with Crippen molar-refractivity contribution < 1.29 is 14.2 Å². The van der Waals surface area contributed by atoms with Crippen LogP contribution in [0.4, 0.5) is 0 Å². The lowest BCUT2D eigenvalue weighted by molar-refractivity contribution is -0.532. The van der Waals surface area contributed by atoms with Crippen LogP contribution >= 0.6 is 0 Å². The predicted octanol–water partition coefficient (Wildman–Crippen LogP) is 3.90. The summed E-state index contributed by atoms with van der Waals surface area (Å²) in [6.07, 6.45) is 6.47. The van der Waals surface area contributed by atoms with Gasteiger partial charge in [-0.05, 0) is 37.0 Å². The summed E-state index contributed by atoms with van der Waals surface area (Å²) in [5, 5.41) is 11.8. The van der Waals surface area contributed by atoms with Crippen LogP contribution in [0, 0.1) is 5.21 Å². The summed E-state index contributed by atoms with van der Waals surface area (Å²) in [5.74, 6) is 0.847. The minimum atomic E-state index is -0.363. The van der Waals surface area contributed by atoms with Gasteiger partial charge in [0.1, 0.15) is 5.75 Å². The molecule has 1 aliphatic heterocycles. The second kappa shape index (κ2) is 7.63. The summed E-state index contributed by atoms with van der Waals surface area (Å²) in [6.45, 7) is 6.53. The van der Waals surface area contributed by atoms with Crippen LogP contribution < -0.4 is 4.74 Å². The standard InChI is InChI=1S/C18H27NO3/c1-18(2,3)19(20)13-6-7-15-9-11-16(12-10-15)22-17-8-4-5-14-21-17/h9-13,17H,4-8,14H2,1-3H3. The number of nitrogens with zero attached hydrogens (tertiary/aromatic N) is 1. The maximum absolute atomic E-state index is 11.8. The predicted molar refractivity (Wildman–Crippen MR) is 88.4 cm³/mol. The van der Waals surface area contributed by atoms with Crippen molar-refractivity contribution in [3.05, 3.63) is 35.0 Å². The van der Waals surface area contributed by atoms with E-state index < -0.39 is 0 Å². The summed E-state index contributed by atoms with van der Waals surface area (Å²) in [7, 11) is 0. The number of aryl methyl sites for hydroxylation is 1. The van der Waals surface area contributed by atoms with Gasteiger partial charge < -0.3 is 14.7 Å². The molecule has 1 aromatic rings. The maximum Gasteiger partial charge on any atom is 0.199 e. The first-order chi connectivity index (χ1) is 10.4. The highest BCUT2D eigenvalue weighted by Gasteiger charge is 2.17. The summed E-state index contributed by atoms with van der Waals surface area (Å²) >= 11 is 0. The summed E-state index contributed by atoms with van der Waals surface area (Å²) in [6, 6.07) is 8.06. The largest absolute Gasteiger partial charge is 0.624 e. The number of benzene rings is 1. The molecule has 0 spiro atoms. The summed E-state index contributed by atoms with van der Waals surface area (Å²) < 4.78 is 12.4. The molecular formula is C18H27NO3. The number of rotatable bonds is 5. The maximum atomic E-state index is 11.8. The first-order valence-electron chi connectivity index (χ1n) is 8.12. The molecule has 1 fully saturated rings. The van der Waals surface area contributed by atoms with Gasteiger partial charge in [-0.25, -0.2) is 4.74 Å². The molecule has 0 radical (unpaired) electrons. The molecular weight excluding hydrogens is 278 g/mol. The molecule has 0 saturated carbocycles. The first-order valence-corrected chi connectivity index (χ1v) is 8.12. The van der Waals surface area contributed by atoms with E-state index in [0.29, 0.717) is 0 Å². The van der Waals surface area contributed by atoms with E-state index >= 15 is 0 Å². The minimum absolute atomic E-state index is 0.103. The highest BCUT2D eigenvalue weighted by molar-refractivity contribution is 5.52. The third kappa shape index (κ3) is 5.34. The Bertz CT molecular complexity index is 482. The van der Waals surface area contributed by atoms with Crippen molar-refractivity contribution in [2.24, 2.45) is 0 Å². The second-order valence-corrected chi connectivity index (χ2v) is 6.78. The van der Waals surface area contributed by atoms with Gasteiger partial charge in [-0.1, -0.05) is 12.1 Å². The Labute approximate surface area is 133 Å². The number of hydrogen-bond donors (Lipinski definition) is 0. The number of ether oxygens (including phenoxy) is 2. The molecule has 0 aliphatic carbocycles. The van der Waals surface area contributed by atoms with Crippen molar-refractivity contribution >= 4 is 6.21 Å². The highest BCUT2D eigenvalue weighted by Crippen LogP contribution is 2.20.